The smallest absolute Gasteiger partial charge is 0.394 e. The van der Waals surface area contributed by atoms with E-state index in [1.54, 1.807) is 36.1 Å². The molecule has 4 rings (SSSR count). The SMILES string of the molecule is CC(Oc1ccc(OC(C)(F)F)cc1)C(=O)N(Cc1ccc(C(=O)N/C(N)=N/NN)cc1)c1ccc(C2CCCCC2)cc1. The predicted molar refractivity (Wildman–Crippen MR) is 164 cm³/mol. The molecule has 6 N–H and O–H groups in total. The Morgan fingerprint density at radius 2 is 1.59 bits per heavy atom. The number of alkyl halides is 2. The van der Waals surface area contributed by atoms with Gasteiger partial charge < -0.3 is 20.1 Å². The number of amides is 2. The van der Waals surface area contributed by atoms with Crippen LogP contribution in [-0.4, -0.2) is 30.0 Å². The molecule has 0 aliphatic heterocycles. The van der Waals surface area contributed by atoms with Gasteiger partial charge in [-0.25, -0.2) is 11.4 Å². The van der Waals surface area contributed by atoms with E-state index >= 15 is 0 Å². The predicted octanol–water partition coefficient (Wildman–Crippen LogP) is 5.15. The Kier molecular flexibility index (Phi) is 10.7. The van der Waals surface area contributed by atoms with Gasteiger partial charge in [0.1, 0.15) is 11.5 Å². The number of ether oxygens (including phenoxy) is 2. The summed E-state index contributed by atoms with van der Waals surface area (Å²) in [6.45, 7) is 2.49. The number of rotatable bonds is 11. The summed E-state index contributed by atoms with van der Waals surface area (Å²) in [6.07, 6.45) is 1.80. The van der Waals surface area contributed by atoms with E-state index in [2.05, 4.69) is 27.3 Å². The first-order valence-corrected chi connectivity index (χ1v) is 14.5. The van der Waals surface area contributed by atoms with E-state index < -0.39 is 18.1 Å². The van der Waals surface area contributed by atoms with Crippen molar-refractivity contribution in [2.45, 2.75) is 70.6 Å². The van der Waals surface area contributed by atoms with Crippen molar-refractivity contribution in [1.82, 2.24) is 10.9 Å². The van der Waals surface area contributed by atoms with Gasteiger partial charge in [-0.1, -0.05) is 43.5 Å². The second kappa shape index (κ2) is 14.6. The van der Waals surface area contributed by atoms with Crippen LogP contribution in [0, 0.1) is 0 Å². The highest BCUT2D eigenvalue weighted by Gasteiger charge is 2.26. The quantitative estimate of drug-likeness (QED) is 0.102. The van der Waals surface area contributed by atoms with E-state index in [1.807, 2.05) is 17.7 Å². The van der Waals surface area contributed by atoms with Crippen molar-refractivity contribution in [1.29, 1.82) is 0 Å². The second-order valence-electron chi connectivity index (χ2n) is 10.8. The molecule has 0 bridgehead atoms. The molecule has 1 fully saturated rings. The molecule has 0 radical (unpaired) electrons. The standard InChI is InChI=1S/C32H38F2N6O4/c1-21(43-27-16-18-28(19-17-27)44-32(2,33)34)30(42)40(26-14-12-24(13-15-26)23-6-4-3-5-7-23)20-22-8-10-25(11-9-22)29(41)37-31(35)38-39-36/h8-19,21,23,39H,3-7,20,36H2,1-2H3,(H3,35,37,38,41). The van der Waals surface area contributed by atoms with Gasteiger partial charge in [0.05, 0.1) is 6.54 Å². The molecule has 2 amide bonds. The third-order valence-corrected chi connectivity index (χ3v) is 7.31. The highest BCUT2D eigenvalue weighted by Crippen LogP contribution is 2.34. The van der Waals surface area contributed by atoms with Crippen LogP contribution in [0.4, 0.5) is 14.5 Å². The molecule has 1 atom stereocenters. The minimum Gasteiger partial charge on any atom is -0.481 e. The number of carbonyl (C=O) groups is 2. The van der Waals surface area contributed by atoms with Crippen molar-refractivity contribution in [2.24, 2.45) is 16.7 Å². The van der Waals surface area contributed by atoms with E-state index in [9.17, 15) is 18.4 Å². The minimum atomic E-state index is -3.32. The van der Waals surface area contributed by atoms with E-state index in [1.165, 1.54) is 49.1 Å². The molecule has 1 saturated carbocycles. The van der Waals surface area contributed by atoms with Crippen LogP contribution in [0.15, 0.2) is 77.9 Å². The summed E-state index contributed by atoms with van der Waals surface area (Å²) in [5, 5.41) is 5.90. The minimum absolute atomic E-state index is 0.0216. The topological polar surface area (TPSA) is 144 Å². The van der Waals surface area contributed by atoms with Crippen LogP contribution in [0.5, 0.6) is 11.5 Å². The fourth-order valence-corrected chi connectivity index (χ4v) is 5.16. The summed E-state index contributed by atoms with van der Waals surface area (Å²) < 4.78 is 36.8. The Hall–Kier alpha value is -4.71. The number of benzene rings is 3. The van der Waals surface area contributed by atoms with Crippen LogP contribution >= 0.6 is 0 Å². The first kappa shape index (κ1) is 32.2. The number of hydrogen-bond acceptors (Lipinski definition) is 7. The van der Waals surface area contributed by atoms with Crippen LogP contribution in [-0.2, 0) is 11.3 Å². The summed E-state index contributed by atoms with van der Waals surface area (Å²) in [6, 6.07) is 20.4. The lowest BCUT2D eigenvalue weighted by molar-refractivity contribution is -0.158. The molecule has 1 unspecified atom stereocenters. The lowest BCUT2D eigenvalue weighted by Gasteiger charge is -2.28. The number of hydrogen-bond donors (Lipinski definition) is 4. The molecule has 0 saturated heterocycles. The number of halogens is 2. The van der Waals surface area contributed by atoms with Crippen LogP contribution in [0.2, 0.25) is 0 Å². The van der Waals surface area contributed by atoms with Crippen LogP contribution in [0.25, 0.3) is 0 Å². The fourth-order valence-electron chi connectivity index (χ4n) is 5.16. The third-order valence-electron chi connectivity index (χ3n) is 7.31. The average Bonchev–Trinajstić information content (AvgIpc) is 3.00. The number of nitrogens with one attached hydrogen (secondary N) is 2. The molecule has 3 aromatic carbocycles. The van der Waals surface area contributed by atoms with Gasteiger partial charge in [0.15, 0.2) is 6.10 Å². The van der Waals surface area contributed by atoms with Crippen molar-refractivity contribution in [3.63, 3.8) is 0 Å². The summed E-state index contributed by atoms with van der Waals surface area (Å²) in [5.74, 6) is 4.93. The van der Waals surface area contributed by atoms with Gasteiger partial charge in [0, 0.05) is 18.2 Å². The number of anilines is 1. The van der Waals surface area contributed by atoms with E-state index in [0.29, 0.717) is 29.8 Å². The van der Waals surface area contributed by atoms with Crippen molar-refractivity contribution in [2.75, 3.05) is 4.90 Å². The van der Waals surface area contributed by atoms with Crippen LogP contribution in [0.3, 0.4) is 0 Å². The summed E-state index contributed by atoms with van der Waals surface area (Å²) in [4.78, 5) is 27.9. The Morgan fingerprint density at radius 1 is 0.977 bits per heavy atom. The molecule has 44 heavy (non-hydrogen) atoms. The van der Waals surface area contributed by atoms with Crippen molar-refractivity contribution >= 4 is 23.5 Å². The van der Waals surface area contributed by atoms with Gasteiger partial charge >= 0.3 is 6.11 Å². The summed E-state index contributed by atoms with van der Waals surface area (Å²) >= 11 is 0. The Bertz CT molecular complexity index is 1420. The maximum atomic E-state index is 13.8. The highest BCUT2D eigenvalue weighted by molar-refractivity contribution is 6.05. The van der Waals surface area contributed by atoms with Gasteiger partial charge in [-0.2, -0.15) is 8.78 Å². The van der Waals surface area contributed by atoms with Crippen molar-refractivity contribution in [3.8, 4) is 11.5 Å². The first-order valence-electron chi connectivity index (χ1n) is 14.5. The molecule has 3 aromatic rings. The number of carbonyl (C=O) groups excluding carboxylic acids is 2. The van der Waals surface area contributed by atoms with Gasteiger partial charge in [-0.05, 0) is 85.3 Å². The molecule has 1 aliphatic carbocycles. The maximum absolute atomic E-state index is 13.8. The number of nitrogens with zero attached hydrogens (tertiary/aromatic N) is 2. The molecular weight excluding hydrogens is 570 g/mol. The Morgan fingerprint density at radius 3 is 2.18 bits per heavy atom. The average molecular weight is 609 g/mol. The van der Waals surface area contributed by atoms with E-state index in [4.69, 9.17) is 16.3 Å². The lowest BCUT2D eigenvalue weighted by Crippen LogP contribution is -2.40. The Labute approximate surface area is 255 Å². The normalized spacial score (nSPS) is 14.8. The number of guanidine groups is 1. The van der Waals surface area contributed by atoms with Gasteiger partial charge in [0.2, 0.25) is 5.96 Å². The van der Waals surface area contributed by atoms with E-state index in [0.717, 1.165) is 18.4 Å². The number of hydrazine groups is 1. The zero-order chi connectivity index (χ0) is 31.7. The lowest BCUT2D eigenvalue weighted by atomic mass is 9.84. The third kappa shape index (κ3) is 9.14. The van der Waals surface area contributed by atoms with E-state index in [-0.39, 0.29) is 24.2 Å². The zero-order valence-electron chi connectivity index (χ0n) is 24.8. The number of nitrogens with two attached hydrogens (primary N) is 2. The highest BCUT2D eigenvalue weighted by atomic mass is 19.3. The van der Waals surface area contributed by atoms with Crippen LogP contribution in [0.1, 0.15) is 73.4 Å². The molecule has 234 valence electrons. The molecule has 10 nitrogen and oxygen atoms in total. The monoisotopic (exact) mass is 608 g/mol. The maximum Gasteiger partial charge on any atom is 0.394 e. The van der Waals surface area contributed by atoms with Gasteiger partial charge in [0.25, 0.3) is 11.8 Å². The molecule has 0 heterocycles. The molecule has 0 aromatic heterocycles. The zero-order valence-corrected chi connectivity index (χ0v) is 24.8. The summed E-state index contributed by atoms with van der Waals surface area (Å²) in [7, 11) is 0. The fraction of sp³-hybridized carbons (Fsp3) is 0.344. The van der Waals surface area contributed by atoms with Gasteiger partial charge in [-0.15, -0.1) is 5.10 Å². The van der Waals surface area contributed by atoms with Crippen molar-refractivity contribution < 1.29 is 27.8 Å². The molecule has 0 spiro atoms. The summed E-state index contributed by atoms with van der Waals surface area (Å²) in [5.41, 5.74) is 10.6. The van der Waals surface area contributed by atoms with Crippen LogP contribution < -0.4 is 36.8 Å². The van der Waals surface area contributed by atoms with Crippen molar-refractivity contribution in [3.05, 3.63) is 89.5 Å². The first-order chi connectivity index (χ1) is 21.0. The largest absolute Gasteiger partial charge is 0.481 e. The van der Waals surface area contributed by atoms with Gasteiger partial charge in [-0.3, -0.25) is 14.9 Å². The molecule has 12 heteroatoms. The Balaban J connectivity index is 1.52. The number of hydrazone groups is 1. The second-order valence-corrected chi connectivity index (χ2v) is 10.8. The molecular formula is C32H38F2N6O4. The molecule has 1 aliphatic rings.